The van der Waals surface area contributed by atoms with Gasteiger partial charge in [-0.3, -0.25) is 4.79 Å². The fourth-order valence-corrected chi connectivity index (χ4v) is 3.45. The second kappa shape index (κ2) is 6.42. The van der Waals surface area contributed by atoms with E-state index < -0.39 is 17.2 Å². The van der Waals surface area contributed by atoms with Crippen LogP contribution in [-0.2, 0) is 10.2 Å². The predicted octanol–water partition coefficient (Wildman–Crippen LogP) is 4.18. The first-order chi connectivity index (χ1) is 12.9. The van der Waals surface area contributed by atoms with Gasteiger partial charge in [-0.1, -0.05) is 17.7 Å². The van der Waals surface area contributed by atoms with E-state index in [1.165, 1.54) is 23.0 Å². The average Bonchev–Trinajstić information content (AvgIpc) is 3.30. The third-order valence-electron chi connectivity index (χ3n) is 4.75. The van der Waals surface area contributed by atoms with Gasteiger partial charge in [-0.25, -0.2) is 14.1 Å². The molecule has 0 saturated heterocycles. The lowest BCUT2D eigenvalue weighted by Gasteiger charge is -2.18. The molecule has 1 saturated carbocycles. The van der Waals surface area contributed by atoms with Crippen molar-refractivity contribution in [1.29, 1.82) is 0 Å². The van der Waals surface area contributed by atoms with E-state index in [0.717, 1.165) is 5.56 Å². The van der Waals surface area contributed by atoms with Crippen LogP contribution >= 0.6 is 11.6 Å². The molecular weight excluding hydrogens is 374 g/mol. The van der Waals surface area contributed by atoms with Crippen molar-refractivity contribution in [2.75, 3.05) is 5.32 Å². The van der Waals surface area contributed by atoms with Crippen molar-refractivity contribution in [3.63, 3.8) is 0 Å². The Labute approximate surface area is 159 Å². The van der Waals surface area contributed by atoms with Crippen LogP contribution < -0.4 is 5.32 Å². The van der Waals surface area contributed by atoms with Crippen molar-refractivity contribution >= 4 is 23.3 Å². The Morgan fingerprint density at radius 3 is 2.74 bits per heavy atom. The number of aryl methyl sites for hydroxylation is 1. The highest BCUT2D eigenvalue weighted by Gasteiger charge is 2.54. The number of benzene rings is 1. The molecule has 3 aromatic rings. The Morgan fingerprint density at radius 2 is 2.04 bits per heavy atom. The maximum atomic E-state index is 14.4. The lowest BCUT2D eigenvalue weighted by Crippen LogP contribution is -2.29. The molecular formula is C19H15ClF2N4O. The number of hydrogen-bond acceptors (Lipinski definition) is 3. The summed E-state index contributed by atoms with van der Waals surface area (Å²) in [4.78, 5) is 16.3. The number of aromatic nitrogens is 3. The van der Waals surface area contributed by atoms with E-state index in [0.29, 0.717) is 18.5 Å². The standard InChI is InChI=1S/C19H15ClF2N4O/c1-11-2-3-13(21)16(17(11)20)19(6-7-19)18(27)24-15-5-9-26(25-15)12-4-8-23-14(22)10-12/h2-5,8-10H,6-7H2,1H3,(H,24,25,27). The fourth-order valence-electron chi connectivity index (χ4n) is 3.12. The first-order valence-corrected chi connectivity index (χ1v) is 8.73. The van der Waals surface area contributed by atoms with Crippen LogP contribution in [0.2, 0.25) is 5.02 Å². The average molecular weight is 389 g/mol. The molecule has 1 aromatic carbocycles. The normalized spacial score (nSPS) is 14.8. The van der Waals surface area contributed by atoms with Crippen LogP contribution in [0.3, 0.4) is 0 Å². The topological polar surface area (TPSA) is 59.8 Å². The monoisotopic (exact) mass is 388 g/mol. The van der Waals surface area contributed by atoms with Gasteiger partial charge in [0.25, 0.3) is 0 Å². The third kappa shape index (κ3) is 3.08. The molecule has 1 aliphatic rings. The number of rotatable bonds is 4. The zero-order chi connectivity index (χ0) is 19.2. The van der Waals surface area contributed by atoms with E-state index in [1.807, 2.05) is 0 Å². The number of carbonyl (C=O) groups excluding carboxylic acids is 1. The largest absolute Gasteiger partial charge is 0.308 e. The number of pyridine rings is 1. The molecule has 0 spiro atoms. The predicted molar refractivity (Wildman–Crippen MR) is 97.0 cm³/mol. The van der Waals surface area contributed by atoms with Crippen LogP contribution in [0.5, 0.6) is 0 Å². The summed E-state index contributed by atoms with van der Waals surface area (Å²) in [5.41, 5.74) is 0.435. The highest BCUT2D eigenvalue weighted by Crippen LogP contribution is 2.52. The first kappa shape index (κ1) is 17.6. The number of nitrogens with zero attached hydrogens (tertiary/aromatic N) is 3. The summed E-state index contributed by atoms with van der Waals surface area (Å²) in [6.07, 6.45) is 3.93. The molecule has 5 nitrogen and oxygen atoms in total. The molecule has 27 heavy (non-hydrogen) atoms. The summed E-state index contributed by atoms with van der Waals surface area (Å²) >= 11 is 6.29. The minimum atomic E-state index is -0.986. The van der Waals surface area contributed by atoms with Crippen LogP contribution in [0, 0.1) is 18.7 Å². The highest BCUT2D eigenvalue weighted by molar-refractivity contribution is 6.32. The molecule has 1 fully saturated rings. The van der Waals surface area contributed by atoms with Crippen molar-refractivity contribution in [2.45, 2.75) is 25.2 Å². The van der Waals surface area contributed by atoms with Crippen molar-refractivity contribution in [2.24, 2.45) is 0 Å². The van der Waals surface area contributed by atoms with E-state index in [2.05, 4.69) is 15.4 Å². The van der Waals surface area contributed by atoms with Crippen LogP contribution in [0.1, 0.15) is 24.0 Å². The molecule has 138 valence electrons. The molecule has 1 N–H and O–H groups in total. The Morgan fingerprint density at radius 1 is 1.26 bits per heavy atom. The van der Waals surface area contributed by atoms with Gasteiger partial charge in [-0.15, -0.1) is 0 Å². The second-order valence-corrected chi connectivity index (χ2v) is 6.95. The molecule has 1 aliphatic carbocycles. The molecule has 1 amide bonds. The molecule has 0 unspecified atom stereocenters. The Bertz CT molecular complexity index is 1050. The summed E-state index contributed by atoms with van der Waals surface area (Å²) in [5.74, 6) is -1.20. The molecule has 4 rings (SSSR count). The molecule has 0 aliphatic heterocycles. The summed E-state index contributed by atoms with van der Waals surface area (Å²) in [7, 11) is 0. The van der Waals surface area contributed by atoms with Crippen LogP contribution in [0.15, 0.2) is 42.7 Å². The van der Waals surface area contributed by atoms with Gasteiger partial charge < -0.3 is 5.32 Å². The number of anilines is 1. The van der Waals surface area contributed by atoms with Crippen molar-refractivity contribution in [3.05, 3.63) is 70.6 Å². The maximum Gasteiger partial charge on any atom is 0.236 e. The zero-order valence-corrected chi connectivity index (χ0v) is 15.1. The van der Waals surface area contributed by atoms with Crippen molar-refractivity contribution in [1.82, 2.24) is 14.8 Å². The van der Waals surface area contributed by atoms with E-state index in [-0.39, 0.29) is 22.3 Å². The van der Waals surface area contributed by atoms with E-state index >= 15 is 0 Å². The molecule has 0 radical (unpaired) electrons. The quantitative estimate of drug-likeness (QED) is 0.682. The summed E-state index contributed by atoms with van der Waals surface area (Å²) < 4.78 is 29.1. The number of amides is 1. The molecule has 8 heteroatoms. The lowest BCUT2D eigenvalue weighted by molar-refractivity contribution is -0.118. The SMILES string of the molecule is Cc1ccc(F)c(C2(C(=O)Nc3ccn(-c4ccnc(F)c4)n3)CC2)c1Cl. The van der Waals surface area contributed by atoms with Gasteiger partial charge in [-0.2, -0.15) is 9.49 Å². The van der Waals surface area contributed by atoms with E-state index in [4.69, 9.17) is 11.6 Å². The number of hydrogen-bond donors (Lipinski definition) is 1. The Balaban J connectivity index is 1.60. The number of carbonyl (C=O) groups is 1. The number of nitrogens with one attached hydrogen (secondary N) is 1. The van der Waals surface area contributed by atoms with Gasteiger partial charge in [0, 0.05) is 30.1 Å². The summed E-state index contributed by atoms with van der Waals surface area (Å²) in [6, 6.07) is 7.32. The number of halogens is 3. The van der Waals surface area contributed by atoms with Gasteiger partial charge >= 0.3 is 0 Å². The van der Waals surface area contributed by atoms with Crippen LogP contribution in [0.25, 0.3) is 5.69 Å². The van der Waals surface area contributed by atoms with Gasteiger partial charge in [-0.05, 0) is 37.5 Å². The zero-order valence-electron chi connectivity index (χ0n) is 14.3. The van der Waals surface area contributed by atoms with Crippen LogP contribution in [-0.4, -0.2) is 20.7 Å². The lowest BCUT2D eigenvalue weighted by atomic mass is 9.92. The van der Waals surface area contributed by atoms with Gasteiger partial charge in [0.2, 0.25) is 11.9 Å². The Hall–Kier alpha value is -2.80. The minimum Gasteiger partial charge on any atom is -0.308 e. The Kier molecular flexibility index (Phi) is 4.19. The molecule has 2 heterocycles. The van der Waals surface area contributed by atoms with Gasteiger partial charge in [0.15, 0.2) is 5.82 Å². The third-order valence-corrected chi connectivity index (χ3v) is 5.24. The van der Waals surface area contributed by atoms with Gasteiger partial charge in [0.1, 0.15) is 5.82 Å². The second-order valence-electron chi connectivity index (χ2n) is 6.57. The van der Waals surface area contributed by atoms with Crippen molar-refractivity contribution in [3.8, 4) is 5.69 Å². The van der Waals surface area contributed by atoms with Crippen molar-refractivity contribution < 1.29 is 13.6 Å². The highest BCUT2D eigenvalue weighted by atomic mass is 35.5. The van der Waals surface area contributed by atoms with E-state index in [1.54, 1.807) is 31.3 Å². The summed E-state index contributed by atoms with van der Waals surface area (Å²) in [6.45, 7) is 1.77. The molecule has 0 bridgehead atoms. The molecule has 2 aromatic heterocycles. The smallest absolute Gasteiger partial charge is 0.236 e. The fraction of sp³-hybridized carbons (Fsp3) is 0.211. The van der Waals surface area contributed by atoms with Crippen LogP contribution in [0.4, 0.5) is 14.6 Å². The van der Waals surface area contributed by atoms with E-state index in [9.17, 15) is 13.6 Å². The minimum absolute atomic E-state index is 0.234. The maximum absolute atomic E-state index is 14.4. The summed E-state index contributed by atoms with van der Waals surface area (Å²) in [5, 5.41) is 7.22. The first-order valence-electron chi connectivity index (χ1n) is 8.35. The molecule has 0 atom stereocenters. The van der Waals surface area contributed by atoms with Gasteiger partial charge in [0.05, 0.1) is 16.1 Å².